The Bertz CT molecular complexity index is 769. The van der Waals surface area contributed by atoms with Crippen LogP contribution in [0.5, 0.6) is 0 Å². The van der Waals surface area contributed by atoms with Crippen LogP contribution in [-0.2, 0) is 15.0 Å². The third-order valence-corrected chi connectivity index (χ3v) is 5.59. The fraction of sp³-hybridized carbons (Fsp3) is 0.474. The zero-order valence-electron chi connectivity index (χ0n) is 15.1. The summed E-state index contributed by atoms with van der Waals surface area (Å²) in [6, 6.07) is 10.3. The Balaban J connectivity index is 1.53. The molecule has 1 saturated carbocycles. The number of nitrogens with zero attached hydrogens (tertiary/aromatic N) is 2. The molecular formula is C19H24N4O2S. The molecule has 1 heterocycles. The number of amides is 2. The van der Waals surface area contributed by atoms with Crippen molar-refractivity contribution in [1.29, 1.82) is 0 Å². The second-order valence-electron chi connectivity index (χ2n) is 7.12. The summed E-state index contributed by atoms with van der Waals surface area (Å²) in [5.74, 6) is 0.0803. The molecular weight excluding hydrogens is 348 g/mol. The largest absolute Gasteiger partial charge is 0.347 e. The van der Waals surface area contributed by atoms with E-state index < -0.39 is 0 Å². The smallest absolute Gasteiger partial charge is 0.245 e. The highest BCUT2D eigenvalue weighted by Crippen LogP contribution is 2.54. The van der Waals surface area contributed by atoms with Crippen molar-refractivity contribution >= 4 is 28.3 Å². The van der Waals surface area contributed by atoms with Crippen molar-refractivity contribution in [2.24, 2.45) is 5.92 Å². The fourth-order valence-electron chi connectivity index (χ4n) is 2.83. The Kier molecular flexibility index (Phi) is 5.66. The van der Waals surface area contributed by atoms with Gasteiger partial charge in [-0.1, -0.05) is 55.5 Å². The van der Waals surface area contributed by atoms with E-state index in [-0.39, 0.29) is 23.8 Å². The first-order valence-electron chi connectivity index (χ1n) is 8.96. The van der Waals surface area contributed by atoms with Gasteiger partial charge in [0.25, 0.3) is 0 Å². The topological polar surface area (TPSA) is 84.0 Å². The number of carbonyl (C=O) groups excluding carboxylic acids is 2. The summed E-state index contributed by atoms with van der Waals surface area (Å²) >= 11 is 1.41. The molecule has 0 aliphatic heterocycles. The molecule has 1 aromatic heterocycles. The first kappa shape index (κ1) is 18.5. The van der Waals surface area contributed by atoms with Gasteiger partial charge in [-0.15, -0.1) is 10.2 Å². The SMILES string of the molecule is CC(C)CCC(=O)NCC(=O)Nc1nnc(C2(c3ccccc3)CC2)s1. The van der Waals surface area contributed by atoms with E-state index in [1.54, 1.807) is 0 Å². The molecule has 2 N–H and O–H groups in total. The van der Waals surface area contributed by atoms with Gasteiger partial charge in [0.1, 0.15) is 5.01 Å². The van der Waals surface area contributed by atoms with Crippen molar-refractivity contribution in [1.82, 2.24) is 15.5 Å². The van der Waals surface area contributed by atoms with Crippen LogP contribution in [0.3, 0.4) is 0 Å². The quantitative estimate of drug-likeness (QED) is 0.746. The Morgan fingerprint density at radius 2 is 1.88 bits per heavy atom. The van der Waals surface area contributed by atoms with E-state index in [1.807, 2.05) is 18.2 Å². The van der Waals surface area contributed by atoms with Gasteiger partial charge < -0.3 is 5.32 Å². The van der Waals surface area contributed by atoms with E-state index in [0.29, 0.717) is 17.5 Å². The molecule has 0 spiro atoms. The highest BCUT2D eigenvalue weighted by atomic mass is 32.1. The Morgan fingerprint density at radius 3 is 2.54 bits per heavy atom. The normalized spacial score (nSPS) is 14.9. The fourth-order valence-corrected chi connectivity index (χ4v) is 3.85. The highest BCUT2D eigenvalue weighted by Gasteiger charge is 2.48. The van der Waals surface area contributed by atoms with E-state index >= 15 is 0 Å². The van der Waals surface area contributed by atoms with Crippen molar-refractivity contribution in [3.05, 3.63) is 40.9 Å². The molecule has 2 aromatic rings. The van der Waals surface area contributed by atoms with Gasteiger partial charge in [0.15, 0.2) is 0 Å². The lowest BCUT2D eigenvalue weighted by Gasteiger charge is -2.11. The van der Waals surface area contributed by atoms with Crippen LogP contribution in [0, 0.1) is 5.92 Å². The average Bonchev–Trinajstić information content (AvgIpc) is 3.32. The van der Waals surface area contributed by atoms with Crippen LogP contribution in [0.25, 0.3) is 0 Å². The number of carbonyl (C=O) groups is 2. The lowest BCUT2D eigenvalue weighted by atomic mass is 9.97. The van der Waals surface area contributed by atoms with Crippen molar-refractivity contribution in [2.75, 3.05) is 11.9 Å². The molecule has 7 heteroatoms. The zero-order valence-corrected chi connectivity index (χ0v) is 15.9. The standard InChI is InChI=1S/C19H24N4O2S/c1-13(2)8-9-15(24)20-12-16(25)21-18-23-22-17(26-18)19(10-11-19)14-6-4-3-5-7-14/h3-7,13H,8-12H2,1-2H3,(H,20,24)(H,21,23,25). The number of rotatable bonds is 8. The van der Waals surface area contributed by atoms with Gasteiger partial charge in [-0.3, -0.25) is 14.9 Å². The highest BCUT2D eigenvalue weighted by molar-refractivity contribution is 7.15. The predicted molar refractivity (Wildman–Crippen MR) is 102 cm³/mol. The lowest BCUT2D eigenvalue weighted by Crippen LogP contribution is -2.32. The molecule has 138 valence electrons. The molecule has 0 radical (unpaired) electrons. The molecule has 0 bridgehead atoms. The first-order valence-corrected chi connectivity index (χ1v) is 9.77. The maximum absolute atomic E-state index is 12.0. The summed E-state index contributed by atoms with van der Waals surface area (Å²) in [4.78, 5) is 23.7. The maximum Gasteiger partial charge on any atom is 0.245 e. The molecule has 3 rings (SSSR count). The molecule has 0 unspecified atom stereocenters. The number of hydrogen-bond donors (Lipinski definition) is 2. The molecule has 1 aromatic carbocycles. The van der Waals surface area contributed by atoms with Gasteiger partial charge in [0, 0.05) is 11.8 Å². The minimum absolute atomic E-state index is 0.0460. The van der Waals surface area contributed by atoms with Crippen molar-refractivity contribution in [2.45, 2.75) is 44.9 Å². The monoisotopic (exact) mass is 372 g/mol. The summed E-state index contributed by atoms with van der Waals surface area (Å²) in [6.45, 7) is 4.08. The second kappa shape index (κ2) is 7.95. The molecule has 1 aliphatic carbocycles. The molecule has 0 saturated heterocycles. The van der Waals surface area contributed by atoms with Crippen molar-refractivity contribution in [3.63, 3.8) is 0 Å². The van der Waals surface area contributed by atoms with E-state index in [1.165, 1.54) is 16.9 Å². The van der Waals surface area contributed by atoms with Crippen LogP contribution in [-0.4, -0.2) is 28.6 Å². The van der Waals surface area contributed by atoms with Gasteiger partial charge in [-0.2, -0.15) is 0 Å². The minimum atomic E-state index is -0.282. The Morgan fingerprint density at radius 1 is 1.15 bits per heavy atom. The summed E-state index contributed by atoms with van der Waals surface area (Å²) in [6.07, 6.45) is 3.35. The van der Waals surface area contributed by atoms with Crippen LogP contribution < -0.4 is 10.6 Å². The van der Waals surface area contributed by atoms with Crippen molar-refractivity contribution in [3.8, 4) is 0 Å². The first-order chi connectivity index (χ1) is 12.5. The number of aromatic nitrogens is 2. The van der Waals surface area contributed by atoms with E-state index in [0.717, 1.165) is 24.3 Å². The van der Waals surface area contributed by atoms with Gasteiger partial charge in [-0.05, 0) is 30.7 Å². The van der Waals surface area contributed by atoms with Crippen molar-refractivity contribution < 1.29 is 9.59 Å². The van der Waals surface area contributed by atoms with Crippen LogP contribution in [0.1, 0.15) is 50.1 Å². The number of benzene rings is 1. The molecule has 1 fully saturated rings. The lowest BCUT2D eigenvalue weighted by molar-refractivity contribution is -0.124. The van der Waals surface area contributed by atoms with Crippen LogP contribution in [0.15, 0.2) is 30.3 Å². The van der Waals surface area contributed by atoms with Crippen LogP contribution in [0.4, 0.5) is 5.13 Å². The molecule has 6 nitrogen and oxygen atoms in total. The summed E-state index contributed by atoms with van der Waals surface area (Å²) in [5, 5.41) is 15.2. The Labute approximate surface area is 157 Å². The summed E-state index contributed by atoms with van der Waals surface area (Å²) < 4.78 is 0. The van der Waals surface area contributed by atoms with E-state index in [4.69, 9.17) is 0 Å². The molecule has 2 amide bonds. The Hall–Kier alpha value is -2.28. The minimum Gasteiger partial charge on any atom is -0.347 e. The van der Waals surface area contributed by atoms with E-state index in [2.05, 4.69) is 46.8 Å². The maximum atomic E-state index is 12.0. The van der Waals surface area contributed by atoms with Crippen LogP contribution in [0.2, 0.25) is 0 Å². The zero-order chi connectivity index (χ0) is 18.6. The number of hydrogen-bond acceptors (Lipinski definition) is 5. The van der Waals surface area contributed by atoms with E-state index in [9.17, 15) is 9.59 Å². The van der Waals surface area contributed by atoms with Gasteiger partial charge in [0.2, 0.25) is 16.9 Å². The van der Waals surface area contributed by atoms with Gasteiger partial charge in [-0.25, -0.2) is 0 Å². The predicted octanol–water partition coefficient (Wildman–Crippen LogP) is 3.11. The summed E-state index contributed by atoms with van der Waals surface area (Å²) in [5.41, 5.74) is 1.19. The molecule has 26 heavy (non-hydrogen) atoms. The van der Waals surface area contributed by atoms with Gasteiger partial charge in [0.05, 0.1) is 6.54 Å². The average molecular weight is 372 g/mol. The van der Waals surface area contributed by atoms with Crippen LogP contribution >= 0.6 is 11.3 Å². The third-order valence-electron chi connectivity index (χ3n) is 4.55. The van der Waals surface area contributed by atoms with Gasteiger partial charge >= 0.3 is 0 Å². The molecule has 0 atom stereocenters. The molecule has 1 aliphatic rings. The number of nitrogens with one attached hydrogen (secondary N) is 2. The number of anilines is 1. The second-order valence-corrected chi connectivity index (χ2v) is 8.10. The third kappa shape index (κ3) is 4.46. The summed E-state index contributed by atoms with van der Waals surface area (Å²) in [7, 11) is 0.